The predicted molar refractivity (Wildman–Crippen MR) is 98.4 cm³/mol. The molecule has 0 bridgehead atoms. The molecule has 0 aromatic heterocycles. The predicted octanol–water partition coefficient (Wildman–Crippen LogP) is 1.76. The Morgan fingerprint density at radius 2 is 2.04 bits per heavy atom. The number of benzene rings is 2. The van der Waals surface area contributed by atoms with Gasteiger partial charge in [0.2, 0.25) is 0 Å². The van der Waals surface area contributed by atoms with Crippen molar-refractivity contribution in [3.05, 3.63) is 59.4 Å². The van der Waals surface area contributed by atoms with Gasteiger partial charge in [-0.05, 0) is 42.3 Å². The molecule has 2 N–H and O–H groups in total. The molecular weight excluding hydrogens is 351 g/mol. The molecule has 7 heteroatoms. The minimum atomic E-state index is -0.313. The third kappa shape index (κ3) is 4.43. The fraction of sp³-hybridized carbons (Fsp3) is 0.300. The fourth-order valence-corrected chi connectivity index (χ4v) is 2.91. The minimum Gasteiger partial charge on any atom is -0.482 e. The first-order chi connectivity index (χ1) is 13.0. The van der Waals surface area contributed by atoms with E-state index >= 15 is 0 Å². The number of hydrogen-bond donors (Lipinski definition) is 2. The zero-order valence-corrected chi connectivity index (χ0v) is 14.9. The Morgan fingerprint density at radius 3 is 2.74 bits per heavy atom. The summed E-state index contributed by atoms with van der Waals surface area (Å²) in [6, 6.07) is 11.0. The molecule has 27 heavy (non-hydrogen) atoms. The van der Waals surface area contributed by atoms with Crippen molar-refractivity contribution in [3.8, 4) is 5.75 Å². The molecule has 1 aliphatic rings. The third-order valence-corrected chi connectivity index (χ3v) is 4.55. The summed E-state index contributed by atoms with van der Waals surface area (Å²) >= 11 is 0. The summed E-state index contributed by atoms with van der Waals surface area (Å²) in [6.45, 7) is 0.151. The van der Waals surface area contributed by atoms with Crippen LogP contribution in [0.5, 0.6) is 5.75 Å². The SMILES string of the molecule is CN1C(=O)COc2ccc(C(=O)NCC(CO)Cc3ccc(F)cc3)cc21. The molecular formula is C20H21FN2O4. The third-order valence-electron chi connectivity index (χ3n) is 4.55. The molecule has 2 amide bonds. The van der Waals surface area contributed by atoms with Crippen LogP contribution in [0.4, 0.5) is 10.1 Å². The van der Waals surface area contributed by atoms with Gasteiger partial charge in [-0.2, -0.15) is 0 Å². The zero-order valence-electron chi connectivity index (χ0n) is 14.9. The molecule has 1 unspecified atom stereocenters. The van der Waals surface area contributed by atoms with Gasteiger partial charge in [-0.1, -0.05) is 12.1 Å². The molecule has 6 nitrogen and oxygen atoms in total. The summed E-state index contributed by atoms with van der Waals surface area (Å²) in [5.74, 6) is -0.434. The fourth-order valence-electron chi connectivity index (χ4n) is 2.91. The lowest BCUT2D eigenvalue weighted by Gasteiger charge is -2.26. The number of likely N-dealkylation sites (N-methyl/N-ethyl adjacent to an activating group) is 1. The summed E-state index contributed by atoms with van der Waals surface area (Å²) in [5.41, 5.74) is 1.83. The van der Waals surface area contributed by atoms with Gasteiger partial charge in [0.05, 0.1) is 5.69 Å². The lowest BCUT2D eigenvalue weighted by atomic mass is 10.00. The number of carbonyl (C=O) groups excluding carboxylic acids is 2. The highest BCUT2D eigenvalue weighted by Crippen LogP contribution is 2.31. The standard InChI is InChI=1S/C20H21FN2O4/c1-23-17-9-15(4-7-18(17)27-12-19(23)25)20(26)22-10-14(11-24)8-13-2-5-16(21)6-3-13/h2-7,9,14,24H,8,10-12H2,1H3,(H,22,26). The lowest BCUT2D eigenvalue weighted by Crippen LogP contribution is -2.36. The van der Waals surface area contributed by atoms with Crippen LogP contribution < -0.4 is 15.0 Å². The van der Waals surface area contributed by atoms with Crippen LogP contribution in [-0.4, -0.2) is 43.7 Å². The van der Waals surface area contributed by atoms with Gasteiger partial charge in [0.25, 0.3) is 11.8 Å². The normalized spacial score (nSPS) is 14.3. The number of ether oxygens (including phenoxy) is 1. The Hall–Kier alpha value is -2.93. The van der Waals surface area contributed by atoms with Gasteiger partial charge < -0.3 is 20.1 Å². The van der Waals surface area contributed by atoms with Crippen molar-refractivity contribution < 1.29 is 23.8 Å². The Kier molecular flexibility index (Phi) is 5.71. The Labute approximate surface area is 156 Å². The monoisotopic (exact) mass is 372 g/mol. The number of amides is 2. The molecule has 0 radical (unpaired) electrons. The van der Waals surface area contributed by atoms with E-state index in [0.29, 0.717) is 23.4 Å². The molecule has 1 aliphatic heterocycles. The zero-order chi connectivity index (χ0) is 19.4. The Morgan fingerprint density at radius 1 is 1.30 bits per heavy atom. The maximum absolute atomic E-state index is 13.0. The number of rotatable bonds is 6. The molecule has 0 aliphatic carbocycles. The van der Waals surface area contributed by atoms with Gasteiger partial charge in [-0.3, -0.25) is 9.59 Å². The van der Waals surface area contributed by atoms with E-state index in [2.05, 4.69) is 5.32 Å². The van der Waals surface area contributed by atoms with Crippen molar-refractivity contribution in [1.82, 2.24) is 5.32 Å². The number of carbonyl (C=O) groups is 2. The van der Waals surface area contributed by atoms with E-state index in [4.69, 9.17) is 4.74 Å². The largest absolute Gasteiger partial charge is 0.482 e. The van der Waals surface area contributed by atoms with Gasteiger partial charge in [0.15, 0.2) is 6.61 Å². The van der Waals surface area contributed by atoms with E-state index < -0.39 is 0 Å². The lowest BCUT2D eigenvalue weighted by molar-refractivity contribution is -0.120. The number of nitrogens with zero attached hydrogens (tertiary/aromatic N) is 1. The molecule has 1 atom stereocenters. The van der Waals surface area contributed by atoms with Crippen molar-refractivity contribution in [2.24, 2.45) is 5.92 Å². The second-order valence-corrected chi connectivity index (χ2v) is 6.51. The Bertz CT molecular complexity index is 838. The molecule has 0 saturated heterocycles. The smallest absolute Gasteiger partial charge is 0.264 e. The highest BCUT2D eigenvalue weighted by atomic mass is 19.1. The molecule has 0 spiro atoms. The molecule has 0 saturated carbocycles. The van der Waals surface area contributed by atoms with Crippen LogP contribution >= 0.6 is 0 Å². The number of anilines is 1. The highest BCUT2D eigenvalue weighted by molar-refractivity contribution is 6.00. The molecule has 3 rings (SSSR count). The van der Waals surface area contributed by atoms with Crippen LogP contribution in [0.2, 0.25) is 0 Å². The van der Waals surface area contributed by atoms with Gasteiger partial charge >= 0.3 is 0 Å². The van der Waals surface area contributed by atoms with Gasteiger partial charge in [-0.15, -0.1) is 0 Å². The summed E-state index contributed by atoms with van der Waals surface area (Å²) in [6.07, 6.45) is 0.520. The molecule has 142 valence electrons. The van der Waals surface area contributed by atoms with Gasteiger partial charge in [-0.25, -0.2) is 4.39 Å². The summed E-state index contributed by atoms with van der Waals surface area (Å²) in [5, 5.41) is 12.4. The van der Waals surface area contributed by atoms with Crippen molar-refractivity contribution in [2.75, 3.05) is 31.7 Å². The average molecular weight is 372 g/mol. The molecule has 1 heterocycles. The first-order valence-electron chi connectivity index (χ1n) is 8.65. The van der Waals surface area contributed by atoms with E-state index in [0.717, 1.165) is 5.56 Å². The second-order valence-electron chi connectivity index (χ2n) is 6.51. The summed E-state index contributed by atoms with van der Waals surface area (Å²) < 4.78 is 18.3. The quantitative estimate of drug-likeness (QED) is 0.810. The van der Waals surface area contributed by atoms with E-state index in [1.807, 2.05) is 0 Å². The summed E-state index contributed by atoms with van der Waals surface area (Å²) in [7, 11) is 1.63. The number of aliphatic hydroxyl groups excluding tert-OH is 1. The van der Waals surface area contributed by atoms with Crippen LogP contribution in [0.25, 0.3) is 0 Å². The number of halogens is 1. The van der Waals surface area contributed by atoms with E-state index in [1.165, 1.54) is 17.0 Å². The first kappa shape index (κ1) is 18.8. The van der Waals surface area contributed by atoms with Gasteiger partial charge in [0, 0.05) is 31.7 Å². The minimum absolute atomic E-state index is 0.0173. The molecule has 2 aromatic carbocycles. The van der Waals surface area contributed by atoms with E-state index in [9.17, 15) is 19.1 Å². The maximum Gasteiger partial charge on any atom is 0.264 e. The second kappa shape index (κ2) is 8.18. The van der Waals surface area contributed by atoms with Crippen LogP contribution in [0.15, 0.2) is 42.5 Å². The number of aliphatic hydroxyl groups is 1. The van der Waals surface area contributed by atoms with Crippen molar-refractivity contribution in [2.45, 2.75) is 6.42 Å². The van der Waals surface area contributed by atoms with Crippen molar-refractivity contribution in [1.29, 1.82) is 0 Å². The van der Waals surface area contributed by atoms with Crippen LogP contribution in [0.3, 0.4) is 0 Å². The van der Waals surface area contributed by atoms with Crippen LogP contribution in [0, 0.1) is 11.7 Å². The van der Waals surface area contributed by atoms with Crippen LogP contribution in [-0.2, 0) is 11.2 Å². The first-order valence-corrected chi connectivity index (χ1v) is 8.65. The molecule has 2 aromatic rings. The topological polar surface area (TPSA) is 78.9 Å². The number of fused-ring (bicyclic) bond motifs is 1. The Balaban J connectivity index is 1.63. The highest BCUT2D eigenvalue weighted by Gasteiger charge is 2.23. The maximum atomic E-state index is 13.0. The molecule has 0 fully saturated rings. The summed E-state index contributed by atoms with van der Waals surface area (Å²) in [4.78, 5) is 25.6. The number of nitrogens with one attached hydrogen (secondary N) is 1. The average Bonchev–Trinajstić information content (AvgIpc) is 2.69. The van der Waals surface area contributed by atoms with Crippen LogP contribution in [0.1, 0.15) is 15.9 Å². The van der Waals surface area contributed by atoms with Crippen molar-refractivity contribution >= 4 is 17.5 Å². The van der Waals surface area contributed by atoms with Gasteiger partial charge in [0.1, 0.15) is 11.6 Å². The van der Waals surface area contributed by atoms with Crippen molar-refractivity contribution in [3.63, 3.8) is 0 Å². The van der Waals surface area contributed by atoms with E-state index in [-0.39, 0.29) is 43.3 Å². The van der Waals surface area contributed by atoms with E-state index in [1.54, 1.807) is 37.4 Å². The number of hydrogen-bond acceptors (Lipinski definition) is 4.